The second kappa shape index (κ2) is 9.04. The molecule has 0 unspecified atom stereocenters. The number of nitriles is 1. The minimum Gasteiger partial charge on any atom is -0.307 e. The lowest BCUT2D eigenvalue weighted by atomic mass is 10.1. The second-order valence-electron chi connectivity index (χ2n) is 8.83. The summed E-state index contributed by atoms with van der Waals surface area (Å²) in [5.41, 5.74) is 6.59. The van der Waals surface area contributed by atoms with E-state index in [-0.39, 0.29) is 0 Å². The highest BCUT2D eigenvalue weighted by Gasteiger charge is 2.32. The van der Waals surface area contributed by atoms with Crippen LogP contribution in [-0.4, -0.2) is 0 Å². The van der Waals surface area contributed by atoms with Gasteiger partial charge in [0.25, 0.3) is 0 Å². The first kappa shape index (κ1) is 22.6. The van der Waals surface area contributed by atoms with Crippen LogP contribution in [0.1, 0.15) is 5.56 Å². The van der Waals surface area contributed by atoms with E-state index in [1.807, 2.05) is 36.4 Å². The molecule has 5 aromatic rings. The van der Waals surface area contributed by atoms with Crippen molar-refractivity contribution in [3.8, 4) is 6.07 Å². The SMILES string of the molecule is [C-]#[N+]c1cc(N2c3ccccc3Sc3ccccc32)c(N2c3ccccc3Sc3ccccc32)cc1C#N. The van der Waals surface area contributed by atoms with Crippen molar-refractivity contribution in [3.63, 3.8) is 0 Å². The summed E-state index contributed by atoms with van der Waals surface area (Å²) in [4.78, 5) is 12.8. The fourth-order valence-corrected chi connectivity index (χ4v) is 7.15. The maximum absolute atomic E-state index is 10.0. The molecule has 2 aliphatic heterocycles. The van der Waals surface area contributed by atoms with Gasteiger partial charge in [0.1, 0.15) is 0 Å². The summed E-state index contributed by atoms with van der Waals surface area (Å²) in [6.07, 6.45) is 0. The standard InChI is InChI=1S/C32H18N4S2/c1-34-22-19-28(36-25-12-4-8-16-31(25)38-32-17-9-5-13-26(32)36)27(18-21(22)20-33)35-23-10-2-6-14-29(23)37-30-15-7-3-11-24(30)35/h2-19H. The second-order valence-corrected chi connectivity index (χ2v) is 11.0. The van der Waals surface area contributed by atoms with Crippen molar-refractivity contribution in [2.45, 2.75) is 19.6 Å². The molecule has 0 atom stereocenters. The van der Waals surface area contributed by atoms with Crippen molar-refractivity contribution >= 4 is 63.3 Å². The molecule has 4 nitrogen and oxygen atoms in total. The van der Waals surface area contributed by atoms with E-state index in [1.54, 1.807) is 23.5 Å². The van der Waals surface area contributed by atoms with Gasteiger partial charge in [-0.15, -0.1) is 0 Å². The summed E-state index contributed by atoms with van der Waals surface area (Å²) in [7, 11) is 0. The number of para-hydroxylation sites is 4. The van der Waals surface area contributed by atoms with E-state index in [0.717, 1.165) is 53.7 Å². The number of hydrogen-bond donors (Lipinski definition) is 0. The molecule has 0 spiro atoms. The predicted molar refractivity (Wildman–Crippen MR) is 155 cm³/mol. The first-order valence-corrected chi connectivity index (χ1v) is 13.7. The van der Waals surface area contributed by atoms with Gasteiger partial charge in [-0.05, 0) is 60.7 Å². The van der Waals surface area contributed by atoms with Gasteiger partial charge < -0.3 is 9.80 Å². The Morgan fingerprint density at radius 3 is 1.29 bits per heavy atom. The monoisotopic (exact) mass is 522 g/mol. The van der Waals surface area contributed by atoms with Crippen LogP contribution in [0.4, 0.5) is 39.8 Å². The van der Waals surface area contributed by atoms with E-state index in [1.165, 1.54) is 0 Å². The van der Waals surface area contributed by atoms with E-state index >= 15 is 0 Å². The van der Waals surface area contributed by atoms with Crippen molar-refractivity contribution < 1.29 is 0 Å². The van der Waals surface area contributed by atoms with Crippen LogP contribution in [-0.2, 0) is 0 Å². The third kappa shape index (κ3) is 3.47. The van der Waals surface area contributed by atoms with E-state index in [9.17, 15) is 5.26 Å². The van der Waals surface area contributed by atoms with Gasteiger partial charge in [0, 0.05) is 19.6 Å². The molecule has 0 saturated heterocycles. The molecule has 38 heavy (non-hydrogen) atoms. The molecule has 2 heterocycles. The van der Waals surface area contributed by atoms with Crippen LogP contribution in [0, 0.1) is 17.9 Å². The van der Waals surface area contributed by atoms with Gasteiger partial charge in [-0.1, -0.05) is 72.1 Å². The topological polar surface area (TPSA) is 34.6 Å². The Kier molecular flexibility index (Phi) is 5.37. The molecule has 0 saturated carbocycles. The Labute approximate surface area is 229 Å². The van der Waals surface area contributed by atoms with Gasteiger partial charge in [0.05, 0.1) is 52.3 Å². The van der Waals surface area contributed by atoms with Gasteiger partial charge in [0.2, 0.25) is 5.69 Å². The lowest BCUT2D eigenvalue weighted by Gasteiger charge is -2.39. The molecule has 178 valence electrons. The van der Waals surface area contributed by atoms with Gasteiger partial charge >= 0.3 is 0 Å². The van der Waals surface area contributed by atoms with Crippen molar-refractivity contribution in [3.05, 3.63) is 126 Å². The maximum Gasteiger partial charge on any atom is 0.206 e. The average molecular weight is 523 g/mol. The van der Waals surface area contributed by atoms with Crippen molar-refractivity contribution in [2.24, 2.45) is 0 Å². The number of rotatable bonds is 2. The van der Waals surface area contributed by atoms with E-state index in [0.29, 0.717) is 11.3 Å². The largest absolute Gasteiger partial charge is 0.307 e. The lowest BCUT2D eigenvalue weighted by molar-refractivity contribution is 1.13. The number of hydrogen-bond acceptors (Lipinski definition) is 5. The zero-order valence-electron chi connectivity index (χ0n) is 20.0. The van der Waals surface area contributed by atoms with Gasteiger partial charge in [-0.25, -0.2) is 4.85 Å². The summed E-state index contributed by atoms with van der Waals surface area (Å²) >= 11 is 3.49. The fourth-order valence-electron chi connectivity index (χ4n) is 5.03. The minimum atomic E-state index is 0.340. The summed E-state index contributed by atoms with van der Waals surface area (Å²) in [5, 5.41) is 10.0. The first-order valence-electron chi connectivity index (χ1n) is 12.0. The van der Waals surface area contributed by atoms with Crippen LogP contribution < -0.4 is 9.80 Å². The first-order chi connectivity index (χ1) is 18.8. The Morgan fingerprint density at radius 2 is 0.921 bits per heavy atom. The molecule has 6 heteroatoms. The zero-order chi connectivity index (χ0) is 25.6. The van der Waals surface area contributed by atoms with Gasteiger partial charge in [0.15, 0.2) is 0 Å². The van der Waals surface area contributed by atoms with Crippen molar-refractivity contribution in [1.82, 2.24) is 0 Å². The molecule has 0 bridgehead atoms. The molecule has 0 amide bonds. The molecule has 0 aliphatic carbocycles. The molecule has 7 rings (SSSR count). The highest BCUT2D eigenvalue weighted by atomic mass is 32.2. The molecule has 0 radical (unpaired) electrons. The van der Waals surface area contributed by atoms with Crippen LogP contribution in [0.2, 0.25) is 0 Å². The van der Waals surface area contributed by atoms with Crippen LogP contribution in [0.5, 0.6) is 0 Å². The van der Waals surface area contributed by atoms with E-state index in [2.05, 4.69) is 93.5 Å². The van der Waals surface area contributed by atoms with Crippen LogP contribution >= 0.6 is 23.5 Å². The third-order valence-electron chi connectivity index (χ3n) is 6.68. The normalized spacial score (nSPS) is 12.9. The number of benzene rings is 5. The number of anilines is 6. The summed E-state index contributed by atoms with van der Waals surface area (Å²) < 4.78 is 0. The van der Waals surface area contributed by atoms with Gasteiger partial charge in [-0.2, -0.15) is 5.26 Å². The minimum absolute atomic E-state index is 0.340. The molecular weight excluding hydrogens is 505 g/mol. The predicted octanol–water partition coefficient (Wildman–Crippen LogP) is 9.98. The smallest absolute Gasteiger partial charge is 0.206 e. The Bertz CT molecular complexity index is 1610. The highest BCUT2D eigenvalue weighted by molar-refractivity contribution is 8.00. The zero-order valence-corrected chi connectivity index (χ0v) is 21.6. The summed E-state index contributed by atoms with van der Waals surface area (Å²) in [6.45, 7) is 7.87. The quantitative estimate of drug-likeness (QED) is 0.211. The Morgan fingerprint density at radius 1 is 0.553 bits per heavy atom. The van der Waals surface area contributed by atoms with E-state index in [4.69, 9.17) is 6.57 Å². The maximum atomic E-state index is 10.0. The molecule has 2 aliphatic rings. The highest BCUT2D eigenvalue weighted by Crippen LogP contribution is 2.58. The van der Waals surface area contributed by atoms with Crippen LogP contribution in [0.15, 0.2) is 129 Å². The molecular formula is C32H18N4S2. The van der Waals surface area contributed by atoms with Crippen molar-refractivity contribution in [1.29, 1.82) is 5.26 Å². The Hall–Kier alpha value is -4.62. The number of nitrogens with zero attached hydrogens (tertiary/aromatic N) is 4. The summed E-state index contributed by atoms with van der Waals surface area (Å²) in [6, 6.07) is 39.4. The molecule has 0 aromatic heterocycles. The van der Waals surface area contributed by atoms with Crippen LogP contribution in [0.25, 0.3) is 4.85 Å². The number of fused-ring (bicyclic) bond motifs is 4. The van der Waals surface area contributed by atoms with E-state index < -0.39 is 0 Å². The van der Waals surface area contributed by atoms with Gasteiger partial charge in [-0.3, -0.25) is 0 Å². The lowest BCUT2D eigenvalue weighted by Crippen LogP contribution is -2.21. The average Bonchev–Trinajstić information content (AvgIpc) is 2.98. The third-order valence-corrected chi connectivity index (χ3v) is 8.94. The van der Waals surface area contributed by atoms with Crippen LogP contribution in [0.3, 0.4) is 0 Å². The molecule has 0 fully saturated rings. The molecule has 0 N–H and O–H groups in total. The molecule has 5 aromatic carbocycles. The fraction of sp³-hybridized carbons (Fsp3) is 0. The Balaban J connectivity index is 1.58. The summed E-state index contributed by atoms with van der Waals surface area (Å²) in [5.74, 6) is 0. The van der Waals surface area contributed by atoms with Crippen molar-refractivity contribution in [2.75, 3.05) is 9.80 Å².